The molecule has 0 saturated heterocycles. The fourth-order valence-electron chi connectivity index (χ4n) is 3.47. The molecule has 168 valence electrons. The topological polar surface area (TPSA) is 61.2 Å². The number of Topliss-reactive ketones (excluding diaryl/α,β-unsaturated/α-hetero) is 1. The average molecular weight is 467 g/mol. The summed E-state index contributed by atoms with van der Waals surface area (Å²) in [4.78, 5) is 30.9. The number of thioether (sulfide) groups is 1. The second kappa shape index (κ2) is 9.54. The fraction of sp³-hybridized carbons (Fsp3) is 0.160. The Labute approximate surface area is 193 Å². The van der Waals surface area contributed by atoms with Crippen LogP contribution in [0.1, 0.15) is 21.5 Å². The van der Waals surface area contributed by atoms with E-state index < -0.39 is 12.4 Å². The first kappa shape index (κ1) is 22.7. The van der Waals surface area contributed by atoms with Crippen LogP contribution in [0.4, 0.5) is 8.78 Å². The van der Waals surface area contributed by atoms with E-state index in [9.17, 15) is 18.4 Å². The first-order valence-electron chi connectivity index (χ1n) is 10.1. The van der Waals surface area contributed by atoms with Crippen LogP contribution in [0.25, 0.3) is 16.6 Å². The highest BCUT2D eigenvalue weighted by molar-refractivity contribution is 7.99. The molecule has 0 N–H and O–H groups in total. The van der Waals surface area contributed by atoms with Crippen molar-refractivity contribution in [1.29, 1.82) is 0 Å². The summed E-state index contributed by atoms with van der Waals surface area (Å²) in [6.07, 6.45) is 0. The quantitative estimate of drug-likeness (QED) is 0.202. The van der Waals surface area contributed by atoms with Gasteiger partial charge >= 0.3 is 6.61 Å². The van der Waals surface area contributed by atoms with Crippen molar-refractivity contribution in [3.05, 3.63) is 93.8 Å². The van der Waals surface area contributed by atoms with Crippen LogP contribution in [-0.4, -0.2) is 27.7 Å². The van der Waals surface area contributed by atoms with Gasteiger partial charge < -0.3 is 4.74 Å². The Morgan fingerprint density at radius 1 is 1.03 bits per heavy atom. The van der Waals surface area contributed by atoms with E-state index >= 15 is 0 Å². The van der Waals surface area contributed by atoms with Crippen LogP contribution in [0, 0.1) is 13.8 Å². The van der Waals surface area contributed by atoms with Gasteiger partial charge in [0.15, 0.2) is 10.9 Å². The SMILES string of the molecule is Cc1cccc(-n2c(SCC(=O)c3cc(C)ccc3OC(F)F)nc3ccccc3c2=O)c1. The first-order chi connectivity index (χ1) is 15.8. The number of ether oxygens (including phenoxy) is 1. The van der Waals surface area contributed by atoms with Crippen molar-refractivity contribution in [2.45, 2.75) is 25.6 Å². The van der Waals surface area contributed by atoms with Crippen LogP contribution in [0.3, 0.4) is 0 Å². The van der Waals surface area contributed by atoms with E-state index in [1.165, 1.54) is 16.7 Å². The lowest BCUT2D eigenvalue weighted by atomic mass is 10.1. The number of nitrogens with zero attached hydrogens (tertiary/aromatic N) is 2. The summed E-state index contributed by atoms with van der Waals surface area (Å²) in [5.41, 5.74) is 2.66. The van der Waals surface area contributed by atoms with Crippen LogP contribution in [0.5, 0.6) is 5.75 Å². The smallest absolute Gasteiger partial charge is 0.387 e. The van der Waals surface area contributed by atoms with Gasteiger partial charge in [0.25, 0.3) is 5.56 Å². The van der Waals surface area contributed by atoms with Gasteiger partial charge in [-0.1, -0.05) is 47.7 Å². The molecule has 0 amide bonds. The molecule has 0 fully saturated rings. The number of para-hydroxylation sites is 1. The molecular formula is C25H20F2N2O3S. The highest BCUT2D eigenvalue weighted by atomic mass is 32.2. The predicted molar refractivity (Wildman–Crippen MR) is 125 cm³/mol. The fourth-order valence-corrected chi connectivity index (χ4v) is 4.37. The van der Waals surface area contributed by atoms with Gasteiger partial charge in [-0.25, -0.2) is 4.98 Å². The van der Waals surface area contributed by atoms with Crippen molar-refractivity contribution >= 4 is 28.4 Å². The molecule has 4 rings (SSSR count). The highest BCUT2D eigenvalue weighted by Gasteiger charge is 2.19. The summed E-state index contributed by atoms with van der Waals surface area (Å²) in [6.45, 7) is 0.637. The number of hydrogen-bond donors (Lipinski definition) is 0. The van der Waals surface area contributed by atoms with E-state index in [0.29, 0.717) is 21.7 Å². The Balaban J connectivity index is 1.74. The molecule has 0 atom stereocenters. The number of aryl methyl sites for hydroxylation is 2. The predicted octanol–water partition coefficient (Wildman–Crippen LogP) is 5.58. The molecule has 0 spiro atoms. The number of halogens is 2. The van der Waals surface area contributed by atoms with Crippen LogP contribution in [0.15, 0.2) is 76.7 Å². The molecule has 0 saturated carbocycles. The minimum absolute atomic E-state index is 0.0630. The van der Waals surface area contributed by atoms with Crippen molar-refractivity contribution in [2.75, 3.05) is 5.75 Å². The lowest BCUT2D eigenvalue weighted by Gasteiger charge is -2.14. The number of carbonyl (C=O) groups is 1. The maximum absolute atomic E-state index is 13.3. The normalized spacial score (nSPS) is 11.2. The van der Waals surface area contributed by atoms with E-state index in [2.05, 4.69) is 9.72 Å². The third-order valence-electron chi connectivity index (χ3n) is 4.99. The molecule has 0 radical (unpaired) electrons. The van der Waals surface area contributed by atoms with E-state index in [-0.39, 0.29) is 22.6 Å². The average Bonchev–Trinajstić information content (AvgIpc) is 2.78. The highest BCUT2D eigenvalue weighted by Crippen LogP contribution is 2.27. The third-order valence-corrected chi connectivity index (χ3v) is 5.93. The van der Waals surface area contributed by atoms with Gasteiger partial charge in [-0.3, -0.25) is 14.2 Å². The van der Waals surface area contributed by atoms with Gasteiger partial charge in [0.05, 0.1) is 27.9 Å². The molecule has 3 aromatic carbocycles. The van der Waals surface area contributed by atoms with Crippen LogP contribution in [0.2, 0.25) is 0 Å². The van der Waals surface area contributed by atoms with Gasteiger partial charge in [0.2, 0.25) is 0 Å². The van der Waals surface area contributed by atoms with Crippen LogP contribution in [-0.2, 0) is 0 Å². The zero-order valence-electron chi connectivity index (χ0n) is 17.9. The first-order valence-corrected chi connectivity index (χ1v) is 11.1. The zero-order chi connectivity index (χ0) is 23.5. The van der Waals surface area contributed by atoms with Gasteiger partial charge in [-0.15, -0.1) is 0 Å². The van der Waals surface area contributed by atoms with Crippen molar-refractivity contribution in [2.24, 2.45) is 0 Å². The van der Waals surface area contributed by atoms with Crippen molar-refractivity contribution in [3.63, 3.8) is 0 Å². The molecule has 0 aliphatic heterocycles. The molecule has 33 heavy (non-hydrogen) atoms. The van der Waals surface area contributed by atoms with E-state index in [1.807, 2.05) is 25.1 Å². The van der Waals surface area contributed by atoms with E-state index in [1.54, 1.807) is 43.3 Å². The molecule has 8 heteroatoms. The maximum Gasteiger partial charge on any atom is 0.387 e. The lowest BCUT2D eigenvalue weighted by Crippen LogP contribution is -2.22. The number of rotatable bonds is 7. The number of benzene rings is 3. The molecule has 4 aromatic rings. The molecule has 1 heterocycles. The van der Waals surface area contributed by atoms with Crippen molar-refractivity contribution in [1.82, 2.24) is 9.55 Å². The summed E-state index contributed by atoms with van der Waals surface area (Å²) in [6, 6.07) is 18.9. The number of ketones is 1. The second-order valence-electron chi connectivity index (χ2n) is 7.48. The van der Waals surface area contributed by atoms with Gasteiger partial charge in [-0.2, -0.15) is 8.78 Å². The monoisotopic (exact) mass is 466 g/mol. The Kier molecular flexibility index (Phi) is 6.55. The minimum atomic E-state index is -3.04. The Bertz CT molecular complexity index is 1400. The lowest BCUT2D eigenvalue weighted by molar-refractivity contribution is -0.0501. The Hall–Kier alpha value is -3.52. The standard InChI is InChI=1S/C25H20F2N2O3S/c1-15-6-5-7-17(12-15)29-23(31)18-8-3-4-9-20(18)28-25(29)33-14-21(30)19-13-16(2)10-11-22(19)32-24(26)27/h3-13,24H,14H2,1-2H3. The largest absolute Gasteiger partial charge is 0.434 e. The third kappa shape index (κ3) is 4.96. The molecule has 5 nitrogen and oxygen atoms in total. The molecule has 0 bridgehead atoms. The molecule has 0 unspecified atom stereocenters. The Morgan fingerprint density at radius 3 is 2.55 bits per heavy atom. The van der Waals surface area contributed by atoms with Gasteiger partial charge in [0.1, 0.15) is 5.75 Å². The van der Waals surface area contributed by atoms with Crippen LogP contribution >= 0.6 is 11.8 Å². The molecule has 1 aromatic heterocycles. The number of alkyl halides is 2. The number of hydrogen-bond acceptors (Lipinski definition) is 5. The zero-order valence-corrected chi connectivity index (χ0v) is 18.7. The molecular weight excluding hydrogens is 446 g/mol. The number of aromatic nitrogens is 2. The second-order valence-corrected chi connectivity index (χ2v) is 8.42. The summed E-state index contributed by atoms with van der Waals surface area (Å²) >= 11 is 1.07. The number of fused-ring (bicyclic) bond motifs is 1. The van der Waals surface area contributed by atoms with Gasteiger partial charge in [-0.05, 0) is 55.8 Å². The molecule has 0 aliphatic rings. The van der Waals surface area contributed by atoms with E-state index in [4.69, 9.17) is 0 Å². The summed E-state index contributed by atoms with van der Waals surface area (Å²) in [5.74, 6) is -0.694. The summed E-state index contributed by atoms with van der Waals surface area (Å²) < 4.78 is 31.6. The maximum atomic E-state index is 13.3. The number of carbonyl (C=O) groups excluding carboxylic acids is 1. The summed E-state index contributed by atoms with van der Waals surface area (Å²) in [5, 5.41) is 0.794. The van der Waals surface area contributed by atoms with Gasteiger partial charge in [0, 0.05) is 0 Å². The minimum Gasteiger partial charge on any atom is -0.434 e. The summed E-state index contributed by atoms with van der Waals surface area (Å²) in [7, 11) is 0. The molecule has 0 aliphatic carbocycles. The van der Waals surface area contributed by atoms with Crippen molar-refractivity contribution in [3.8, 4) is 11.4 Å². The van der Waals surface area contributed by atoms with Crippen molar-refractivity contribution < 1.29 is 18.3 Å². The van der Waals surface area contributed by atoms with E-state index in [0.717, 1.165) is 22.9 Å². The van der Waals surface area contributed by atoms with Crippen LogP contribution < -0.4 is 10.3 Å². The Morgan fingerprint density at radius 2 is 1.79 bits per heavy atom.